The van der Waals surface area contributed by atoms with Gasteiger partial charge in [0, 0.05) is 30.6 Å². The zero-order valence-electron chi connectivity index (χ0n) is 11.6. The van der Waals surface area contributed by atoms with E-state index in [4.69, 9.17) is 10.7 Å². The lowest BCUT2D eigenvalue weighted by atomic mass is 10.0. The molecule has 2 heterocycles. The van der Waals surface area contributed by atoms with Crippen molar-refractivity contribution in [3.8, 4) is 0 Å². The largest absolute Gasteiger partial charge is 0.356 e. The molecular weight excluding hydrogens is 234 g/mol. The summed E-state index contributed by atoms with van der Waals surface area (Å²) in [6.45, 7) is 7.34. The van der Waals surface area contributed by atoms with Crippen LogP contribution in [-0.4, -0.2) is 18.1 Å². The highest BCUT2D eigenvalue weighted by atomic mass is 15.2. The predicted molar refractivity (Wildman–Crippen MR) is 80.2 cm³/mol. The number of nitrogens with zero attached hydrogens (tertiary/aromatic N) is 2. The number of rotatable bonds is 2. The Hall–Kier alpha value is -1.61. The topological polar surface area (TPSA) is 42.2 Å². The van der Waals surface area contributed by atoms with Crippen molar-refractivity contribution in [2.75, 3.05) is 18.0 Å². The molecule has 3 rings (SSSR count). The summed E-state index contributed by atoms with van der Waals surface area (Å²) in [5, 5.41) is 1.17. The SMILES string of the molecule is CC1CN(c2nc3ccccc3cc2CN)CC1C. The second-order valence-electron chi connectivity index (χ2n) is 5.73. The van der Waals surface area contributed by atoms with Crippen LogP contribution in [0.1, 0.15) is 19.4 Å². The monoisotopic (exact) mass is 255 g/mol. The molecule has 1 aliphatic heterocycles. The number of fused-ring (bicyclic) bond motifs is 1. The summed E-state index contributed by atoms with van der Waals surface area (Å²) in [5.74, 6) is 2.52. The summed E-state index contributed by atoms with van der Waals surface area (Å²) >= 11 is 0. The average Bonchev–Trinajstić information content (AvgIpc) is 2.77. The van der Waals surface area contributed by atoms with Crippen LogP contribution in [0.3, 0.4) is 0 Å². The van der Waals surface area contributed by atoms with Gasteiger partial charge in [-0.3, -0.25) is 0 Å². The maximum Gasteiger partial charge on any atom is 0.133 e. The van der Waals surface area contributed by atoms with Crippen molar-refractivity contribution < 1.29 is 0 Å². The molecule has 3 heteroatoms. The van der Waals surface area contributed by atoms with Crippen molar-refractivity contribution in [3.63, 3.8) is 0 Å². The fourth-order valence-electron chi connectivity index (χ4n) is 2.88. The zero-order chi connectivity index (χ0) is 13.4. The molecule has 0 radical (unpaired) electrons. The lowest BCUT2D eigenvalue weighted by Crippen LogP contribution is -2.23. The standard InChI is InChI=1S/C16H21N3/c1-11-9-19(10-12(11)2)16-14(8-17)7-13-5-3-4-6-15(13)18-16/h3-7,11-12H,8-10,17H2,1-2H3. The summed E-state index contributed by atoms with van der Waals surface area (Å²) < 4.78 is 0. The van der Waals surface area contributed by atoms with E-state index in [9.17, 15) is 0 Å². The normalized spacial score (nSPS) is 23.2. The van der Waals surface area contributed by atoms with Gasteiger partial charge >= 0.3 is 0 Å². The maximum absolute atomic E-state index is 5.91. The molecule has 3 nitrogen and oxygen atoms in total. The van der Waals surface area contributed by atoms with Crippen molar-refractivity contribution in [2.24, 2.45) is 17.6 Å². The molecule has 0 spiro atoms. The van der Waals surface area contributed by atoms with Gasteiger partial charge in [-0.05, 0) is 24.0 Å². The number of pyridine rings is 1. The third-order valence-electron chi connectivity index (χ3n) is 4.29. The van der Waals surface area contributed by atoms with E-state index in [-0.39, 0.29) is 0 Å². The minimum atomic E-state index is 0.548. The van der Waals surface area contributed by atoms with Gasteiger partial charge in [-0.1, -0.05) is 32.0 Å². The summed E-state index contributed by atoms with van der Waals surface area (Å²) in [5.41, 5.74) is 8.12. The summed E-state index contributed by atoms with van der Waals surface area (Å²) in [7, 11) is 0. The van der Waals surface area contributed by atoms with Gasteiger partial charge in [0.05, 0.1) is 5.52 Å². The van der Waals surface area contributed by atoms with Gasteiger partial charge in [-0.25, -0.2) is 4.98 Å². The number of benzene rings is 1. The van der Waals surface area contributed by atoms with Crippen LogP contribution in [0.25, 0.3) is 10.9 Å². The number of anilines is 1. The van der Waals surface area contributed by atoms with Crippen LogP contribution in [0.2, 0.25) is 0 Å². The molecule has 0 saturated carbocycles. The van der Waals surface area contributed by atoms with Gasteiger partial charge in [0.2, 0.25) is 0 Å². The third-order valence-corrected chi connectivity index (χ3v) is 4.29. The van der Waals surface area contributed by atoms with Gasteiger partial charge in [-0.2, -0.15) is 0 Å². The molecule has 2 aromatic rings. The lowest BCUT2D eigenvalue weighted by Gasteiger charge is -2.21. The van der Waals surface area contributed by atoms with Crippen LogP contribution in [-0.2, 0) is 6.54 Å². The van der Waals surface area contributed by atoms with Gasteiger partial charge in [0.25, 0.3) is 0 Å². The fraction of sp³-hybridized carbons (Fsp3) is 0.438. The number of nitrogens with two attached hydrogens (primary N) is 1. The molecule has 2 atom stereocenters. The number of hydrogen-bond donors (Lipinski definition) is 1. The number of aromatic nitrogens is 1. The van der Waals surface area contributed by atoms with Gasteiger partial charge in [0.15, 0.2) is 0 Å². The lowest BCUT2D eigenvalue weighted by molar-refractivity contribution is 0.494. The molecule has 1 aromatic heterocycles. The molecule has 19 heavy (non-hydrogen) atoms. The van der Waals surface area contributed by atoms with Crippen molar-refractivity contribution in [1.82, 2.24) is 4.98 Å². The molecule has 0 bridgehead atoms. The fourth-order valence-corrected chi connectivity index (χ4v) is 2.88. The van der Waals surface area contributed by atoms with Gasteiger partial charge < -0.3 is 10.6 Å². The Kier molecular flexibility index (Phi) is 3.15. The predicted octanol–water partition coefficient (Wildman–Crippen LogP) is 2.79. The van der Waals surface area contributed by atoms with E-state index in [0.717, 1.165) is 41.8 Å². The highest BCUT2D eigenvalue weighted by molar-refractivity contribution is 5.81. The van der Waals surface area contributed by atoms with Gasteiger partial charge in [-0.15, -0.1) is 0 Å². The summed E-state index contributed by atoms with van der Waals surface area (Å²) in [6.07, 6.45) is 0. The smallest absolute Gasteiger partial charge is 0.133 e. The van der Waals surface area contributed by atoms with Crippen LogP contribution in [0.5, 0.6) is 0 Å². The highest BCUT2D eigenvalue weighted by Crippen LogP contribution is 2.30. The molecule has 1 saturated heterocycles. The highest BCUT2D eigenvalue weighted by Gasteiger charge is 2.28. The second kappa shape index (κ2) is 4.82. The quantitative estimate of drug-likeness (QED) is 0.897. The zero-order valence-corrected chi connectivity index (χ0v) is 11.6. The second-order valence-corrected chi connectivity index (χ2v) is 5.73. The van der Waals surface area contributed by atoms with Crippen LogP contribution < -0.4 is 10.6 Å². The first kappa shape index (κ1) is 12.4. The van der Waals surface area contributed by atoms with E-state index in [1.165, 1.54) is 5.39 Å². The molecular formula is C16H21N3. The van der Waals surface area contributed by atoms with Crippen LogP contribution in [0.15, 0.2) is 30.3 Å². The third kappa shape index (κ3) is 2.19. The van der Waals surface area contributed by atoms with Crippen molar-refractivity contribution >= 4 is 16.7 Å². The number of para-hydroxylation sites is 1. The minimum absolute atomic E-state index is 0.548. The van der Waals surface area contributed by atoms with E-state index in [2.05, 4.69) is 36.9 Å². The molecule has 1 aliphatic rings. The van der Waals surface area contributed by atoms with E-state index in [0.29, 0.717) is 6.54 Å². The molecule has 100 valence electrons. The van der Waals surface area contributed by atoms with Crippen molar-refractivity contribution in [3.05, 3.63) is 35.9 Å². The van der Waals surface area contributed by atoms with E-state index >= 15 is 0 Å². The molecule has 2 unspecified atom stereocenters. The maximum atomic E-state index is 5.91. The van der Waals surface area contributed by atoms with Gasteiger partial charge in [0.1, 0.15) is 5.82 Å². The first-order chi connectivity index (χ1) is 9.19. The molecule has 1 fully saturated rings. The van der Waals surface area contributed by atoms with E-state index in [1.807, 2.05) is 12.1 Å². The Morgan fingerprint density at radius 1 is 1.21 bits per heavy atom. The van der Waals surface area contributed by atoms with E-state index < -0.39 is 0 Å². The molecule has 1 aromatic carbocycles. The van der Waals surface area contributed by atoms with Crippen molar-refractivity contribution in [2.45, 2.75) is 20.4 Å². The minimum Gasteiger partial charge on any atom is -0.356 e. The molecule has 2 N–H and O–H groups in total. The molecule has 0 aliphatic carbocycles. The first-order valence-corrected chi connectivity index (χ1v) is 7.02. The Morgan fingerprint density at radius 2 is 1.89 bits per heavy atom. The Balaban J connectivity index is 2.07. The first-order valence-electron chi connectivity index (χ1n) is 7.02. The summed E-state index contributed by atoms with van der Waals surface area (Å²) in [4.78, 5) is 7.24. The van der Waals surface area contributed by atoms with Crippen LogP contribution in [0.4, 0.5) is 5.82 Å². The van der Waals surface area contributed by atoms with Crippen LogP contribution in [0, 0.1) is 11.8 Å². The molecule has 0 amide bonds. The van der Waals surface area contributed by atoms with Crippen molar-refractivity contribution in [1.29, 1.82) is 0 Å². The van der Waals surface area contributed by atoms with E-state index in [1.54, 1.807) is 0 Å². The average molecular weight is 255 g/mol. The summed E-state index contributed by atoms with van der Waals surface area (Å²) in [6, 6.07) is 10.4. The number of hydrogen-bond acceptors (Lipinski definition) is 3. The Bertz CT molecular complexity index is 584. The van der Waals surface area contributed by atoms with Crippen LogP contribution >= 0.6 is 0 Å². The Morgan fingerprint density at radius 3 is 2.58 bits per heavy atom. The Labute approximate surface area is 114 Å².